The minimum Gasteiger partial charge on any atom is -0.446 e. The highest BCUT2D eigenvalue weighted by Gasteiger charge is 2.17. The highest BCUT2D eigenvalue weighted by atomic mass is 16.6. The average Bonchev–Trinajstić information content (AvgIpc) is 3.06. The molecule has 0 aliphatic carbocycles. The molecule has 0 radical (unpaired) electrons. The van der Waals surface area contributed by atoms with Gasteiger partial charge < -0.3 is 14.7 Å². The van der Waals surface area contributed by atoms with Gasteiger partial charge >= 0.3 is 6.09 Å². The van der Waals surface area contributed by atoms with E-state index in [1.54, 1.807) is 11.9 Å². The molecule has 0 atom stereocenters. The van der Waals surface area contributed by atoms with E-state index >= 15 is 0 Å². The van der Waals surface area contributed by atoms with E-state index in [-0.39, 0.29) is 18.8 Å². The third-order valence-corrected chi connectivity index (χ3v) is 8.68. The quantitative estimate of drug-likeness (QED) is 0.0560. The Morgan fingerprint density at radius 2 is 0.913 bits per heavy atom. The number of amides is 1. The number of unbranched alkanes of at least 4 members (excludes halogenated alkanes) is 18. The number of hydrogen-bond donors (Lipinski definition) is 1. The summed E-state index contributed by atoms with van der Waals surface area (Å²) in [5.74, 6) is 0. The SMILES string of the molecule is CCCCCC=CCC=CCCCCCCCCC(CCCCCCCCC=CCC=CCCCCC)OC(=O)N(C)CCCO. The third-order valence-electron chi connectivity index (χ3n) is 8.68. The zero-order chi connectivity index (χ0) is 33.6. The highest BCUT2D eigenvalue weighted by Crippen LogP contribution is 2.18. The number of allylic oxidation sites excluding steroid dienone is 8. The summed E-state index contributed by atoms with van der Waals surface area (Å²) >= 11 is 0. The Morgan fingerprint density at radius 1 is 0.543 bits per heavy atom. The fraction of sp³-hybridized carbons (Fsp3) is 0.786. The van der Waals surface area contributed by atoms with Gasteiger partial charge in [0.15, 0.2) is 0 Å². The van der Waals surface area contributed by atoms with Gasteiger partial charge in [0.2, 0.25) is 0 Å². The lowest BCUT2D eigenvalue weighted by atomic mass is 10.0. The van der Waals surface area contributed by atoms with Crippen LogP contribution in [0.4, 0.5) is 4.79 Å². The second-order valence-electron chi connectivity index (χ2n) is 13.3. The summed E-state index contributed by atoms with van der Waals surface area (Å²) in [5.41, 5.74) is 0. The number of aliphatic hydroxyl groups excluding tert-OH is 1. The van der Waals surface area contributed by atoms with Crippen LogP contribution in [0.25, 0.3) is 0 Å². The minimum absolute atomic E-state index is 0.0146. The zero-order valence-electron chi connectivity index (χ0n) is 30.9. The molecular weight excluding hydrogens is 566 g/mol. The van der Waals surface area contributed by atoms with Crippen LogP contribution in [0.5, 0.6) is 0 Å². The molecule has 0 rings (SSSR count). The number of ether oxygens (including phenoxy) is 1. The Balaban J connectivity index is 4.05. The van der Waals surface area contributed by atoms with Crippen LogP contribution in [0, 0.1) is 0 Å². The standard InChI is InChI=1S/C42H77NO3/c1-4-6-8-10-12-14-16-18-20-22-24-26-28-30-32-34-37-41(46-42(45)43(3)39-36-40-44)38-35-33-31-29-27-25-23-21-19-17-15-13-11-9-7-5-2/h12-15,18-21,41,44H,4-11,16-17,22-40H2,1-3H3. The average molecular weight is 644 g/mol. The van der Waals surface area contributed by atoms with Crippen molar-refractivity contribution in [3.05, 3.63) is 48.6 Å². The van der Waals surface area contributed by atoms with Gasteiger partial charge in [-0.2, -0.15) is 0 Å². The van der Waals surface area contributed by atoms with Crippen molar-refractivity contribution in [3.63, 3.8) is 0 Å². The maximum Gasteiger partial charge on any atom is 0.409 e. The number of carbonyl (C=O) groups excluding carboxylic acids is 1. The maximum atomic E-state index is 12.6. The summed E-state index contributed by atoms with van der Waals surface area (Å²) < 4.78 is 5.94. The van der Waals surface area contributed by atoms with Gasteiger partial charge in [0.25, 0.3) is 0 Å². The molecule has 1 amide bonds. The van der Waals surface area contributed by atoms with Crippen LogP contribution in [0.3, 0.4) is 0 Å². The van der Waals surface area contributed by atoms with E-state index in [1.165, 1.54) is 128 Å². The second kappa shape index (κ2) is 37.6. The van der Waals surface area contributed by atoms with Crippen molar-refractivity contribution >= 4 is 6.09 Å². The molecule has 0 aromatic rings. The molecule has 0 unspecified atom stereocenters. The highest BCUT2D eigenvalue weighted by molar-refractivity contribution is 5.67. The van der Waals surface area contributed by atoms with Gasteiger partial charge in [0.05, 0.1) is 0 Å². The minimum atomic E-state index is -0.237. The van der Waals surface area contributed by atoms with Crippen LogP contribution in [0.15, 0.2) is 48.6 Å². The first-order chi connectivity index (χ1) is 22.7. The van der Waals surface area contributed by atoms with Crippen molar-refractivity contribution < 1.29 is 14.6 Å². The predicted octanol–water partition coefficient (Wildman–Crippen LogP) is 13.2. The van der Waals surface area contributed by atoms with Crippen LogP contribution in [-0.2, 0) is 4.74 Å². The van der Waals surface area contributed by atoms with Gasteiger partial charge in [0, 0.05) is 20.2 Å². The Morgan fingerprint density at radius 3 is 1.30 bits per heavy atom. The van der Waals surface area contributed by atoms with Gasteiger partial charge in [-0.05, 0) is 96.3 Å². The molecule has 46 heavy (non-hydrogen) atoms. The molecular formula is C42H77NO3. The Hall–Kier alpha value is -1.81. The summed E-state index contributed by atoms with van der Waals surface area (Å²) in [5, 5.41) is 9.11. The number of aliphatic hydroxyl groups is 1. The summed E-state index contributed by atoms with van der Waals surface area (Å²) in [6, 6.07) is 0. The van der Waals surface area contributed by atoms with Crippen LogP contribution in [-0.4, -0.2) is 42.4 Å². The van der Waals surface area contributed by atoms with E-state index in [0.29, 0.717) is 13.0 Å². The predicted molar refractivity (Wildman–Crippen MR) is 203 cm³/mol. The molecule has 0 heterocycles. The van der Waals surface area contributed by atoms with E-state index < -0.39 is 0 Å². The van der Waals surface area contributed by atoms with Gasteiger partial charge in [-0.3, -0.25) is 0 Å². The Labute approximate surface area is 287 Å². The Kier molecular flexibility index (Phi) is 36.2. The molecule has 4 heteroatoms. The number of hydrogen-bond acceptors (Lipinski definition) is 3. The summed E-state index contributed by atoms with van der Waals surface area (Å²) in [6.45, 7) is 5.15. The first-order valence-corrected chi connectivity index (χ1v) is 19.8. The molecule has 0 aromatic heterocycles. The van der Waals surface area contributed by atoms with E-state index in [9.17, 15) is 4.79 Å². The summed E-state index contributed by atoms with van der Waals surface area (Å²) in [6.07, 6.45) is 50.8. The lowest BCUT2D eigenvalue weighted by molar-refractivity contribution is 0.0571. The molecule has 268 valence electrons. The molecule has 1 N–H and O–H groups in total. The first kappa shape index (κ1) is 44.2. The third kappa shape index (κ3) is 33.6. The molecule has 4 nitrogen and oxygen atoms in total. The number of carbonyl (C=O) groups is 1. The van der Waals surface area contributed by atoms with Crippen molar-refractivity contribution in [2.24, 2.45) is 0 Å². The smallest absolute Gasteiger partial charge is 0.409 e. The van der Waals surface area contributed by atoms with Crippen molar-refractivity contribution in [1.29, 1.82) is 0 Å². The normalized spacial score (nSPS) is 12.8. The first-order valence-electron chi connectivity index (χ1n) is 19.8. The molecule has 0 bridgehead atoms. The monoisotopic (exact) mass is 644 g/mol. The van der Waals surface area contributed by atoms with E-state index in [4.69, 9.17) is 9.84 Å². The number of rotatable bonds is 34. The maximum absolute atomic E-state index is 12.6. The van der Waals surface area contributed by atoms with E-state index in [2.05, 4.69) is 62.5 Å². The fourth-order valence-corrected chi connectivity index (χ4v) is 5.61. The molecule has 0 aliphatic rings. The van der Waals surface area contributed by atoms with E-state index in [1.807, 2.05) is 0 Å². The topological polar surface area (TPSA) is 49.8 Å². The van der Waals surface area contributed by atoms with Crippen LogP contribution in [0.2, 0.25) is 0 Å². The zero-order valence-corrected chi connectivity index (χ0v) is 30.9. The van der Waals surface area contributed by atoms with Crippen molar-refractivity contribution in [1.82, 2.24) is 4.90 Å². The summed E-state index contributed by atoms with van der Waals surface area (Å²) in [4.78, 5) is 14.2. The molecule has 0 spiro atoms. The van der Waals surface area contributed by atoms with Gasteiger partial charge in [-0.15, -0.1) is 0 Å². The second-order valence-corrected chi connectivity index (χ2v) is 13.3. The molecule has 0 aliphatic heterocycles. The summed E-state index contributed by atoms with van der Waals surface area (Å²) in [7, 11) is 1.77. The van der Waals surface area contributed by atoms with Crippen molar-refractivity contribution in [2.75, 3.05) is 20.2 Å². The molecule has 0 aromatic carbocycles. The van der Waals surface area contributed by atoms with Crippen LogP contribution >= 0.6 is 0 Å². The van der Waals surface area contributed by atoms with Gasteiger partial charge in [0.1, 0.15) is 6.10 Å². The number of nitrogens with zero attached hydrogens (tertiary/aromatic N) is 1. The largest absolute Gasteiger partial charge is 0.446 e. The van der Waals surface area contributed by atoms with Gasteiger partial charge in [-0.25, -0.2) is 4.79 Å². The Bertz CT molecular complexity index is 693. The van der Waals surface area contributed by atoms with Crippen LogP contribution in [0.1, 0.15) is 187 Å². The fourth-order valence-electron chi connectivity index (χ4n) is 5.61. The molecule has 0 saturated carbocycles. The lowest BCUT2D eigenvalue weighted by Gasteiger charge is -2.23. The van der Waals surface area contributed by atoms with E-state index in [0.717, 1.165) is 38.5 Å². The van der Waals surface area contributed by atoms with Crippen LogP contribution < -0.4 is 0 Å². The van der Waals surface area contributed by atoms with Crippen molar-refractivity contribution in [3.8, 4) is 0 Å². The molecule has 0 fully saturated rings. The molecule has 0 saturated heterocycles. The van der Waals surface area contributed by atoms with Gasteiger partial charge in [-0.1, -0.05) is 140 Å². The lowest BCUT2D eigenvalue weighted by Crippen LogP contribution is -2.32. The van der Waals surface area contributed by atoms with Crippen molar-refractivity contribution in [2.45, 2.75) is 193 Å².